The monoisotopic (exact) mass is 357 g/mol. The molecule has 0 spiro atoms. The molecule has 2 rings (SSSR count). The molecule has 0 radical (unpaired) electrons. The molecule has 0 unspecified atom stereocenters. The third-order valence-corrected chi connectivity index (χ3v) is 3.70. The van der Waals surface area contributed by atoms with Crippen LogP contribution in [0, 0.1) is 0 Å². The number of esters is 1. The highest BCUT2D eigenvalue weighted by Crippen LogP contribution is 2.23. The molecule has 0 fully saturated rings. The van der Waals surface area contributed by atoms with Crippen molar-refractivity contribution in [3.8, 4) is 11.5 Å². The lowest BCUT2D eigenvalue weighted by Crippen LogP contribution is -2.13. The summed E-state index contributed by atoms with van der Waals surface area (Å²) in [6.45, 7) is 2.41. The molecule has 0 aliphatic carbocycles. The van der Waals surface area contributed by atoms with Crippen LogP contribution in [0.3, 0.4) is 0 Å². The van der Waals surface area contributed by atoms with Crippen LogP contribution in [0.2, 0.25) is 0 Å². The molecule has 26 heavy (non-hydrogen) atoms. The highest BCUT2D eigenvalue weighted by molar-refractivity contribution is 6.05. The summed E-state index contributed by atoms with van der Waals surface area (Å²) in [5, 5.41) is 2.77. The van der Waals surface area contributed by atoms with Crippen molar-refractivity contribution in [2.24, 2.45) is 0 Å². The first-order chi connectivity index (χ1) is 12.6. The fourth-order valence-electron chi connectivity index (χ4n) is 2.26. The van der Waals surface area contributed by atoms with Crippen LogP contribution in [0.5, 0.6) is 11.5 Å². The van der Waals surface area contributed by atoms with E-state index in [1.807, 2.05) is 6.92 Å². The zero-order valence-corrected chi connectivity index (χ0v) is 15.2. The molecule has 1 N–H and O–H groups in total. The van der Waals surface area contributed by atoms with Crippen molar-refractivity contribution < 1.29 is 23.8 Å². The number of anilines is 1. The summed E-state index contributed by atoms with van der Waals surface area (Å²) in [7, 11) is 3.04. The standard InChI is InChI=1S/C20H23NO5/c1-4-5-9-26-20(23)14-7-6-8-16(10-14)21-19(22)15-11-17(24-2)13-18(12-15)25-3/h6-8,10-13H,4-5,9H2,1-3H3,(H,21,22). The van der Waals surface area contributed by atoms with E-state index in [2.05, 4.69) is 5.32 Å². The maximum Gasteiger partial charge on any atom is 0.338 e. The third kappa shape index (κ3) is 5.24. The molecule has 2 aromatic carbocycles. The van der Waals surface area contributed by atoms with Crippen molar-refractivity contribution >= 4 is 17.6 Å². The van der Waals surface area contributed by atoms with Crippen LogP contribution < -0.4 is 14.8 Å². The summed E-state index contributed by atoms with van der Waals surface area (Å²) in [5.41, 5.74) is 1.28. The Morgan fingerprint density at radius 1 is 0.962 bits per heavy atom. The molecule has 0 bridgehead atoms. The molecule has 0 heterocycles. The van der Waals surface area contributed by atoms with Gasteiger partial charge in [-0.15, -0.1) is 0 Å². The number of hydrogen-bond acceptors (Lipinski definition) is 5. The molecule has 6 nitrogen and oxygen atoms in total. The van der Waals surface area contributed by atoms with Gasteiger partial charge in [0.15, 0.2) is 0 Å². The fourth-order valence-corrected chi connectivity index (χ4v) is 2.26. The molecular formula is C20H23NO5. The van der Waals surface area contributed by atoms with Gasteiger partial charge in [0, 0.05) is 17.3 Å². The van der Waals surface area contributed by atoms with E-state index in [4.69, 9.17) is 14.2 Å². The van der Waals surface area contributed by atoms with Crippen LogP contribution in [0.25, 0.3) is 0 Å². The first-order valence-corrected chi connectivity index (χ1v) is 8.39. The minimum absolute atomic E-state index is 0.335. The molecule has 0 atom stereocenters. The van der Waals surface area contributed by atoms with E-state index in [9.17, 15) is 9.59 Å². The summed E-state index contributed by atoms with van der Waals surface area (Å²) in [4.78, 5) is 24.5. The van der Waals surface area contributed by atoms with Crippen molar-refractivity contribution in [2.45, 2.75) is 19.8 Å². The second kappa shape index (κ2) is 9.46. The Kier molecular flexibility index (Phi) is 7.02. The zero-order valence-electron chi connectivity index (χ0n) is 15.2. The van der Waals surface area contributed by atoms with E-state index in [-0.39, 0.29) is 5.91 Å². The molecule has 0 aliphatic heterocycles. The van der Waals surface area contributed by atoms with Crippen molar-refractivity contribution in [1.29, 1.82) is 0 Å². The number of carbonyl (C=O) groups excluding carboxylic acids is 2. The van der Waals surface area contributed by atoms with Crippen molar-refractivity contribution in [3.05, 3.63) is 53.6 Å². The van der Waals surface area contributed by atoms with Crippen molar-refractivity contribution in [2.75, 3.05) is 26.1 Å². The first kappa shape index (κ1) is 19.3. The van der Waals surface area contributed by atoms with Crippen LogP contribution >= 0.6 is 0 Å². The van der Waals surface area contributed by atoms with Crippen molar-refractivity contribution in [3.63, 3.8) is 0 Å². The molecule has 0 saturated heterocycles. The maximum absolute atomic E-state index is 12.5. The Hall–Kier alpha value is -3.02. The van der Waals surface area contributed by atoms with Gasteiger partial charge in [0.1, 0.15) is 11.5 Å². The normalized spacial score (nSPS) is 10.1. The summed E-state index contributed by atoms with van der Waals surface area (Å²) in [6.07, 6.45) is 1.77. The van der Waals surface area contributed by atoms with Gasteiger partial charge in [-0.1, -0.05) is 19.4 Å². The Morgan fingerprint density at radius 3 is 2.27 bits per heavy atom. The molecule has 0 aromatic heterocycles. The van der Waals surface area contributed by atoms with Crippen LogP contribution in [-0.2, 0) is 4.74 Å². The summed E-state index contributed by atoms with van der Waals surface area (Å²) < 4.78 is 15.5. The summed E-state index contributed by atoms with van der Waals surface area (Å²) >= 11 is 0. The number of benzene rings is 2. The molecule has 1 amide bonds. The lowest BCUT2D eigenvalue weighted by molar-refractivity contribution is 0.0499. The molecular weight excluding hydrogens is 334 g/mol. The number of carbonyl (C=O) groups is 2. The molecule has 6 heteroatoms. The number of nitrogens with one attached hydrogen (secondary N) is 1. The van der Waals surface area contributed by atoms with Gasteiger partial charge in [-0.05, 0) is 36.8 Å². The maximum atomic E-state index is 12.5. The average molecular weight is 357 g/mol. The number of rotatable bonds is 8. The SMILES string of the molecule is CCCCOC(=O)c1cccc(NC(=O)c2cc(OC)cc(OC)c2)c1. The Balaban J connectivity index is 2.12. The summed E-state index contributed by atoms with van der Waals surface area (Å²) in [6, 6.07) is 11.5. The van der Waals surface area contributed by atoms with Crippen LogP contribution in [0.1, 0.15) is 40.5 Å². The zero-order chi connectivity index (χ0) is 18.9. The van der Waals surface area contributed by atoms with E-state index in [1.165, 1.54) is 14.2 Å². The van der Waals surface area contributed by atoms with E-state index in [1.54, 1.807) is 42.5 Å². The van der Waals surface area contributed by atoms with E-state index >= 15 is 0 Å². The Labute approximate surface area is 153 Å². The van der Waals surface area contributed by atoms with Gasteiger partial charge in [0.2, 0.25) is 0 Å². The number of hydrogen-bond donors (Lipinski definition) is 1. The summed E-state index contributed by atoms with van der Waals surface area (Å²) in [5.74, 6) is 0.293. The van der Waals surface area contributed by atoms with E-state index in [0.717, 1.165) is 12.8 Å². The van der Waals surface area contributed by atoms with Gasteiger partial charge in [0.25, 0.3) is 5.91 Å². The van der Waals surface area contributed by atoms with Gasteiger partial charge in [-0.25, -0.2) is 4.79 Å². The number of amides is 1. The average Bonchev–Trinajstić information content (AvgIpc) is 2.67. The largest absolute Gasteiger partial charge is 0.497 e. The van der Waals surface area contributed by atoms with E-state index in [0.29, 0.717) is 34.9 Å². The lowest BCUT2D eigenvalue weighted by Gasteiger charge is -2.10. The lowest BCUT2D eigenvalue weighted by atomic mass is 10.1. The van der Waals surface area contributed by atoms with Crippen LogP contribution in [-0.4, -0.2) is 32.7 Å². The second-order valence-electron chi connectivity index (χ2n) is 5.63. The van der Waals surface area contributed by atoms with Gasteiger partial charge in [-0.3, -0.25) is 4.79 Å². The molecule has 0 saturated carbocycles. The Morgan fingerprint density at radius 2 is 1.65 bits per heavy atom. The van der Waals surface area contributed by atoms with Crippen LogP contribution in [0.15, 0.2) is 42.5 Å². The molecule has 138 valence electrons. The topological polar surface area (TPSA) is 73.9 Å². The van der Waals surface area contributed by atoms with Crippen LogP contribution in [0.4, 0.5) is 5.69 Å². The molecule has 0 aliphatic rings. The highest BCUT2D eigenvalue weighted by atomic mass is 16.5. The Bertz CT molecular complexity index is 750. The van der Waals surface area contributed by atoms with Gasteiger partial charge < -0.3 is 19.5 Å². The smallest absolute Gasteiger partial charge is 0.338 e. The second-order valence-corrected chi connectivity index (χ2v) is 5.63. The quantitative estimate of drug-likeness (QED) is 0.573. The van der Waals surface area contributed by atoms with Gasteiger partial charge >= 0.3 is 5.97 Å². The number of ether oxygens (including phenoxy) is 3. The van der Waals surface area contributed by atoms with E-state index < -0.39 is 5.97 Å². The predicted molar refractivity (Wildman–Crippen MR) is 99.1 cm³/mol. The number of methoxy groups -OCH3 is 2. The fraction of sp³-hybridized carbons (Fsp3) is 0.300. The first-order valence-electron chi connectivity index (χ1n) is 8.39. The molecule has 2 aromatic rings. The predicted octanol–water partition coefficient (Wildman–Crippen LogP) is 3.91. The highest BCUT2D eigenvalue weighted by Gasteiger charge is 2.12. The van der Waals surface area contributed by atoms with Gasteiger partial charge in [0.05, 0.1) is 26.4 Å². The minimum Gasteiger partial charge on any atom is -0.497 e. The third-order valence-electron chi connectivity index (χ3n) is 3.70. The van der Waals surface area contributed by atoms with Crippen molar-refractivity contribution in [1.82, 2.24) is 0 Å². The van der Waals surface area contributed by atoms with Gasteiger partial charge in [-0.2, -0.15) is 0 Å². The number of unbranched alkanes of at least 4 members (excludes halogenated alkanes) is 1. The minimum atomic E-state index is -0.405.